The van der Waals surface area contributed by atoms with E-state index in [0.717, 1.165) is 0 Å². The minimum atomic E-state index is -4.53. The van der Waals surface area contributed by atoms with Gasteiger partial charge in [0.2, 0.25) is 0 Å². The van der Waals surface area contributed by atoms with Crippen molar-refractivity contribution in [3.8, 4) is 0 Å². The fourth-order valence-electron chi connectivity index (χ4n) is 0.927. The van der Waals surface area contributed by atoms with Crippen LogP contribution in [0.5, 0.6) is 0 Å². The van der Waals surface area contributed by atoms with Crippen LogP contribution in [0.1, 0.15) is 6.92 Å². The lowest BCUT2D eigenvalue weighted by Gasteiger charge is -2.22. The Morgan fingerprint density at radius 2 is 1.94 bits per heavy atom. The second-order valence-corrected chi connectivity index (χ2v) is 3.17. The van der Waals surface area contributed by atoms with E-state index in [1.165, 1.54) is 6.92 Å². The van der Waals surface area contributed by atoms with Crippen molar-refractivity contribution < 1.29 is 33.0 Å². The molecular formula is C8H13F3N2O4. The second kappa shape index (κ2) is 6.28. The van der Waals surface area contributed by atoms with Crippen LogP contribution >= 0.6 is 0 Å². The molecule has 100 valence electrons. The minimum absolute atomic E-state index is 0.186. The first kappa shape index (κ1) is 15.5. The SMILES string of the molecule is CCN(CC(F)(F)F)C(=O)NCC(O)C(=O)O. The zero-order valence-corrected chi connectivity index (χ0v) is 8.99. The van der Waals surface area contributed by atoms with E-state index in [4.69, 9.17) is 10.2 Å². The topological polar surface area (TPSA) is 89.9 Å². The van der Waals surface area contributed by atoms with Crippen molar-refractivity contribution in [3.05, 3.63) is 0 Å². The van der Waals surface area contributed by atoms with E-state index in [0.29, 0.717) is 4.90 Å². The Balaban J connectivity index is 4.23. The zero-order chi connectivity index (χ0) is 13.6. The molecule has 0 aliphatic heterocycles. The molecule has 0 aromatic carbocycles. The maximum Gasteiger partial charge on any atom is 0.406 e. The van der Waals surface area contributed by atoms with Crippen LogP contribution in [0.3, 0.4) is 0 Å². The Hall–Kier alpha value is -1.51. The number of aliphatic hydroxyl groups excluding tert-OH is 1. The highest BCUT2D eigenvalue weighted by molar-refractivity contribution is 5.76. The van der Waals surface area contributed by atoms with Gasteiger partial charge < -0.3 is 20.4 Å². The first-order valence-electron chi connectivity index (χ1n) is 4.67. The fourth-order valence-corrected chi connectivity index (χ4v) is 0.927. The third-order valence-corrected chi connectivity index (χ3v) is 1.77. The number of alkyl halides is 3. The second-order valence-electron chi connectivity index (χ2n) is 3.17. The lowest BCUT2D eigenvalue weighted by molar-refractivity contribution is -0.146. The molecule has 0 aliphatic rings. The van der Waals surface area contributed by atoms with E-state index in [2.05, 4.69) is 0 Å². The predicted molar refractivity (Wildman–Crippen MR) is 50.3 cm³/mol. The van der Waals surface area contributed by atoms with Gasteiger partial charge in [0, 0.05) is 6.54 Å². The number of rotatable bonds is 5. The maximum absolute atomic E-state index is 12.0. The van der Waals surface area contributed by atoms with E-state index in [1.54, 1.807) is 0 Å². The number of carboxylic acid groups (broad SMARTS) is 1. The number of hydrogen-bond donors (Lipinski definition) is 3. The van der Waals surface area contributed by atoms with Crippen LogP contribution in [0, 0.1) is 0 Å². The van der Waals surface area contributed by atoms with E-state index in [1.807, 2.05) is 5.32 Å². The summed E-state index contributed by atoms with van der Waals surface area (Å²) in [6, 6.07) is -1.08. The number of carbonyl (C=O) groups excluding carboxylic acids is 1. The number of aliphatic hydroxyl groups is 1. The number of carbonyl (C=O) groups is 2. The number of amides is 2. The third kappa shape index (κ3) is 6.61. The van der Waals surface area contributed by atoms with Gasteiger partial charge in [-0.1, -0.05) is 0 Å². The van der Waals surface area contributed by atoms with E-state index in [-0.39, 0.29) is 6.54 Å². The van der Waals surface area contributed by atoms with E-state index in [9.17, 15) is 22.8 Å². The summed E-state index contributed by atoms with van der Waals surface area (Å²) in [7, 11) is 0. The van der Waals surface area contributed by atoms with Gasteiger partial charge in [-0.15, -0.1) is 0 Å². The summed E-state index contributed by atoms with van der Waals surface area (Å²) in [5, 5.41) is 19.0. The van der Waals surface area contributed by atoms with Crippen molar-refractivity contribution in [3.63, 3.8) is 0 Å². The molecule has 1 unspecified atom stereocenters. The van der Waals surface area contributed by atoms with Crippen molar-refractivity contribution in [2.24, 2.45) is 0 Å². The van der Waals surface area contributed by atoms with Crippen molar-refractivity contribution in [2.75, 3.05) is 19.6 Å². The highest BCUT2D eigenvalue weighted by Gasteiger charge is 2.32. The molecule has 2 amide bonds. The quantitative estimate of drug-likeness (QED) is 0.648. The van der Waals surface area contributed by atoms with Gasteiger partial charge in [0.25, 0.3) is 0 Å². The van der Waals surface area contributed by atoms with Crippen LogP contribution in [-0.4, -0.2) is 59.0 Å². The molecule has 17 heavy (non-hydrogen) atoms. The molecule has 0 fully saturated rings. The van der Waals surface area contributed by atoms with E-state index >= 15 is 0 Å². The molecule has 6 nitrogen and oxygen atoms in total. The van der Waals surface area contributed by atoms with Crippen molar-refractivity contribution in [2.45, 2.75) is 19.2 Å². The average molecular weight is 258 g/mol. The number of hydrogen-bond acceptors (Lipinski definition) is 3. The van der Waals surface area contributed by atoms with Gasteiger partial charge in [0.15, 0.2) is 6.10 Å². The largest absolute Gasteiger partial charge is 0.479 e. The minimum Gasteiger partial charge on any atom is -0.479 e. The number of urea groups is 1. The molecule has 0 bridgehead atoms. The van der Waals surface area contributed by atoms with Gasteiger partial charge in [0.05, 0.1) is 6.54 Å². The number of carboxylic acids is 1. The van der Waals surface area contributed by atoms with Gasteiger partial charge >= 0.3 is 18.2 Å². The summed E-state index contributed by atoms with van der Waals surface area (Å²) in [4.78, 5) is 21.8. The lowest BCUT2D eigenvalue weighted by atomic mass is 10.3. The van der Waals surface area contributed by atoms with Crippen LogP contribution in [0.25, 0.3) is 0 Å². The Kier molecular flexibility index (Phi) is 5.72. The monoisotopic (exact) mass is 258 g/mol. The molecule has 0 saturated carbocycles. The molecule has 3 N–H and O–H groups in total. The molecule has 0 saturated heterocycles. The van der Waals surface area contributed by atoms with Gasteiger partial charge in [-0.2, -0.15) is 13.2 Å². The summed E-state index contributed by atoms with van der Waals surface area (Å²) in [5.41, 5.74) is 0. The maximum atomic E-state index is 12.0. The van der Waals surface area contributed by atoms with Crippen molar-refractivity contribution in [1.29, 1.82) is 0 Å². The highest BCUT2D eigenvalue weighted by atomic mass is 19.4. The summed E-state index contributed by atoms with van der Waals surface area (Å²) >= 11 is 0. The smallest absolute Gasteiger partial charge is 0.406 e. The Morgan fingerprint density at radius 1 is 1.41 bits per heavy atom. The number of aliphatic carboxylic acids is 1. The predicted octanol–water partition coefficient (Wildman–Crippen LogP) is 0.0257. The summed E-state index contributed by atoms with van der Waals surface area (Å²) in [6.07, 6.45) is -6.37. The standard InChI is InChI=1S/C8H13F3N2O4/c1-2-13(4-8(9,10)11)7(17)12-3-5(14)6(15)16/h5,14H,2-4H2,1H3,(H,12,17)(H,15,16). The third-order valence-electron chi connectivity index (χ3n) is 1.77. The van der Waals surface area contributed by atoms with Gasteiger partial charge in [0.1, 0.15) is 6.54 Å². The first-order valence-corrected chi connectivity index (χ1v) is 4.67. The van der Waals surface area contributed by atoms with E-state index < -0.39 is 37.4 Å². The molecule has 0 rings (SSSR count). The van der Waals surface area contributed by atoms with Crippen molar-refractivity contribution in [1.82, 2.24) is 10.2 Å². The van der Waals surface area contributed by atoms with Crippen LogP contribution in [0.15, 0.2) is 0 Å². The average Bonchev–Trinajstić information content (AvgIpc) is 2.20. The molecular weight excluding hydrogens is 245 g/mol. The first-order chi connectivity index (χ1) is 7.67. The highest BCUT2D eigenvalue weighted by Crippen LogP contribution is 2.16. The lowest BCUT2D eigenvalue weighted by Crippen LogP contribution is -2.47. The van der Waals surface area contributed by atoms with Crippen LogP contribution in [-0.2, 0) is 4.79 Å². The van der Waals surface area contributed by atoms with Crippen molar-refractivity contribution >= 4 is 12.0 Å². The molecule has 9 heteroatoms. The van der Waals surface area contributed by atoms with Crippen LogP contribution < -0.4 is 5.32 Å². The zero-order valence-electron chi connectivity index (χ0n) is 8.99. The van der Waals surface area contributed by atoms with Crippen LogP contribution in [0.2, 0.25) is 0 Å². The Labute approximate surface area is 95.0 Å². The molecule has 0 radical (unpaired) electrons. The Morgan fingerprint density at radius 3 is 2.29 bits per heavy atom. The molecule has 0 spiro atoms. The van der Waals surface area contributed by atoms with Gasteiger partial charge in [-0.05, 0) is 6.92 Å². The molecule has 0 aromatic rings. The van der Waals surface area contributed by atoms with Gasteiger partial charge in [-0.25, -0.2) is 9.59 Å². The number of nitrogens with zero attached hydrogens (tertiary/aromatic N) is 1. The molecule has 0 heterocycles. The number of nitrogens with one attached hydrogen (secondary N) is 1. The normalized spacial score (nSPS) is 13.0. The molecule has 0 aromatic heterocycles. The van der Waals surface area contributed by atoms with Crippen LogP contribution in [0.4, 0.5) is 18.0 Å². The summed E-state index contributed by atoms with van der Waals surface area (Å²) in [6.45, 7) is -0.922. The Bertz CT molecular complexity index is 282. The number of halogens is 3. The molecule has 0 aliphatic carbocycles. The summed E-state index contributed by atoms with van der Waals surface area (Å²) in [5.74, 6) is -1.57. The fraction of sp³-hybridized carbons (Fsp3) is 0.750. The summed E-state index contributed by atoms with van der Waals surface area (Å²) < 4.78 is 36.0. The van der Waals surface area contributed by atoms with Gasteiger partial charge in [-0.3, -0.25) is 0 Å². The molecule has 1 atom stereocenters.